The lowest BCUT2D eigenvalue weighted by molar-refractivity contribution is 0.101. The van der Waals surface area contributed by atoms with Crippen molar-refractivity contribution in [3.63, 3.8) is 0 Å². The number of aryl methyl sites for hydroxylation is 3. The van der Waals surface area contributed by atoms with Crippen molar-refractivity contribution in [3.8, 4) is 17.3 Å². The van der Waals surface area contributed by atoms with E-state index in [-0.39, 0.29) is 17.4 Å². The molecule has 11 heteroatoms. The number of nitrogens with one attached hydrogen (secondary N) is 2. The second-order valence-electron chi connectivity index (χ2n) is 10.9. The molecule has 0 aliphatic carbocycles. The Morgan fingerprint density at radius 3 is 2.37 bits per heavy atom. The van der Waals surface area contributed by atoms with Crippen molar-refractivity contribution in [2.24, 2.45) is 17.3 Å². The van der Waals surface area contributed by atoms with Crippen LogP contribution in [0.15, 0.2) is 106 Å². The highest BCUT2D eigenvalue weighted by Gasteiger charge is 2.19. The number of nitriles is 1. The second-order valence-corrected chi connectivity index (χ2v) is 10.9. The van der Waals surface area contributed by atoms with Gasteiger partial charge >= 0.3 is 0 Å². The molecule has 6 aromatic rings. The van der Waals surface area contributed by atoms with Gasteiger partial charge in [0.25, 0.3) is 11.5 Å². The topological polar surface area (TPSA) is 146 Å². The zero-order chi connectivity index (χ0) is 32.8. The Bertz CT molecular complexity index is 2150. The van der Waals surface area contributed by atoms with Crippen molar-refractivity contribution >= 4 is 28.6 Å². The minimum Gasteiger partial charge on any atom is -0.320 e. The molecule has 3 heterocycles. The average molecular weight is 612 g/mol. The fourth-order valence-corrected chi connectivity index (χ4v) is 4.87. The molecule has 11 nitrogen and oxygen atoms in total. The van der Waals surface area contributed by atoms with Gasteiger partial charge in [-0.1, -0.05) is 62.4 Å². The van der Waals surface area contributed by atoms with Gasteiger partial charge in [-0.05, 0) is 61.2 Å². The third-order valence-corrected chi connectivity index (χ3v) is 7.34. The zero-order valence-electron chi connectivity index (χ0n) is 26.2. The van der Waals surface area contributed by atoms with Gasteiger partial charge in [-0.3, -0.25) is 19.4 Å². The zero-order valence-corrected chi connectivity index (χ0v) is 26.2. The van der Waals surface area contributed by atoms with Crippen LogP contribution in [0, 0.1) is 25.2 Å². The smallest absolute Gasteiger partial charge is 0.276 e. The Balaban J connectivity index is 0.000000184. The maximum Gasteiger partial charge on any atom is 0.276 e. The van der Waals surface area contributed by atoms with Gasteiger partial charge in [0, 0.05) is 36.3 Å². The van der Waals surface area contributed by atoms with Crippen molar-refractivity contribution in [3.05, 3.63) is 130 Å². The third kappa shape index (κ3) is 6.66. The van der Waals surface area contributed by atoms with Gasteiger partial charge < -0.3 is 5.32 Å². The number of anilines is 1. The van der Waals surface area contributed by atoms with Crippen molar-refractivity contribution in [1.82, 2.24) is 24.4 Å². The van der Waals surface area contributed by atoms with Crippen LogP contribution in [0.1, 0.15) is 52.5 Å². The highest BCUT2D eigenvalue weighted by Crippen LogP contribution is 2.27. The first-order valence-corrected chi connectivity index (χ1v) is 14.6. The average Bonchev–Trinajstić information content (AvgIpc) is 3.68. The summed E-state index contributed by atoms with van der Waals surface area (Å²) < 4.78 is 2.87. The molecule has 0 saturated carbocycles. The maximum atomic E-state index is 12.7. The summed E-state index contributed by atoms with van der Waals surface area (Å²) in [5.41, 5.74) is 7.54. The third-order valence-electron chi connectivity index (χ3n) is 7.34. The van der Waals surface area contributed by atoms with Gasteiger partial charge in [0.05, 0.1) is 17.1 Å². The van der Waals surface area contributed by atoms with Crippen molar-refractivity contribution in [2.45, 2.75) is 33.6 Å². The summed E-state index contributed by atoms with van der Waals surface area (Å²) in [4.78, 5) is 29.5. The predicted octanol–water partition coefficient (Wildman–Crippen LogP) is 7.39. The summed E-state index contributed by atoms with van der Waals surface area (Å²) in [6.45, 7) is 7.85. The quantitative estimate of drug-likeness (QED) is 0.189. The number of aromatic amines is 1. The molecular weight excluding hydrogens is 578 g/mol. The number of carbonyl (C=O) groups is 1. The predicted molar refractivity (Wildman–Crippen MR) is 178 cm³/mol. The number of H-pyrrole nitrogens is 1. The largest absolute Gasteiger partial charge is 0.320 e. The van der Waals surface area contributed by atoms with Crippen LogP contribution in [0.25, 0.3) is 16.9 Å². The fraction of sp³-hybridized carbons (Fsp3) is 0.171. The van der Waals surface area contributed by atoms with Crippen LogP contribution in [0.3, 0.4) is 0 Å². The standard InChI is InChI=1S/C19H19N5O.C16H14N4O/c1-13-6-4-5-7-17(13)23-22-15-8-9-16(14(2)12-15)21-19(25)18-10-11-20-24(18)3;1-10(2)13-14(11-6-4-3-5-7-11)19-15-12(8-17)9-18-20(15)16(13)21/h4-12H,1-3H3,(H,21,25);3-7,9-10,18H,1-2H3. The van der Waals surface area contributed by atoms with Crippen LogP contribution in [0.4, 0.5) is 17.1 Å². The molecule has 0 bridgehead atoms. The number of azo groups is 1. The first kappa shape index (κ1) is 31.3. The number of hydrogen-bond donors (Lipinski definition) is 2. The van der Waals surface area contributed by atoms with Crippen molar-refractivity contribution < 1.29 is 4.79 Å². The molecule has 230 valence electrons. The summed E-state index contributed by atoms with van der Waals surface area (Å²) in [6.07, 6.45) is 3.10. The summed E-state index contributed by atoms with van der Waals surface area (Å²) in [5.74, 6) is -0.164. The Labute approximate surface area is 265 Å². The van der Waals surface area contributed by atoms with Crippen LogP contribution >= 0.6 is 0 Å². The number of carbonyl (C=O) groups excluding carboxylic acids is 1. The molecule has 0 fully saturated rings. The molecule has 0 radical (unpaired) electrons. The van der Waals surface area contributed by atoms with E-state index in [9.17, 15) is 9.59 Å². The highest BCUT2D eigenvalue weighted by molar-refractivity contribution is 6.03. The number of nitrogens with zero attached hydrogens (tertiary/aromatic N) is 7. The minimum absolute atomic E-state index is 0.0333. The van der Waals surface area contributed by atoms with E-state index in [1.165, 1.54) is 15.4 Å². The normalized spacial score (nSPS) is 11.0. The first-order valence-electron chi connectivity index (χ1n) is 14.6. The molecule has 6 rings (SSSR count). The van der Waals surface area contributed by atoms with Crippen LogP contribution in [-0.4, -0.2) is 30.3 Å². The van der Waals surface area contributed by atoms with Gasteiger partial charge in [-0.15, -0.1) is 0 Å². The second kappa shape index (κ2) is 13.7. The lowest BCUT2D eigenvalue weighted by Gasteiger charge is -2.11. The summed E-state index contributed by atoms with van der Waals surface area (Å²) in [6, 6.07) is 26.7. The van der Waals surface area contributed by atoms with Gasteiger partial charge in [0.15, 0.2) is 5.65 Å². The molecule has 0 aliphatic heterocycles. The Hall–Kier alpha value is -6.15. The lowest BCUT2D eigenvalue weighted by atomic mass is 9.98. The van der Waals surface area contributed by atoms with Crippen LogP contribution in [0.5, 0.6) is 0 Å². The molecule has 2 N–H and O–H groups in total. The molecule has 46 heavy (non-hydrogen) atoms. The number of fused-ring (bicyclic) bond motifs is 1. The van der Waals surface area contributed by atoms with E-state index in [0.717, 1.165) is 33.8 Å². The molecule has 0 saturated heterocycles. The van der Waals surface area contributed by atoms with Gasteiger partial charge in [0.2, 0.25) is 0 Å². The fourth-order valence-electron chi connectivity index (χ4n) is 4.87. The summed E-state index contributed by atoms with van der Waals surface area (Å²) >= 11 is 0. The molecule has 3 aromatic carbocycles. The van der Waals surface area contributed by atoms with Gasteiger partial charge in [-0.2, -0.15) is 20.6 Å². The van der Waals surface area contributed by atoms with E-state index in [4.69, 9.17) is 5.26 Å². The number of rotatable bonds is 6. The molecule has 0 atom stereocenters. The van der Waals surface area contributed by atoms with E-state index >= 15 is 0 Å². The Morgan fingerprint density at radius 1 is 0.978 bits per heavy atom. The lowest BCUT2D eigenvalue weighted by Crippen LogP contribution is -2.22. The first-order chi connectivity index (χ1) is 22.2. The Morgan fingerprint density at radius 2 is 1.72 bits per heavy atom. The minimum atomic E-state index is -0.197. The molecular formula is C35H33N9O2. The summed E-state index contributed by atoms with van der Waals surface area (Å²) in [5, 5.41) is 27.4. The number of aromatic nitrogens is 5. The van der Waals surface area contributed by atoms with Crippen LogP contribution < -0.4 is 10.9 Å². The SMILES string of the molecule is CC(C)c1c(-c2ccccc2)nc2c(C#N)c[nH]n2c1=O.Cc1ccccc1N=Nc1ccc(NC(=O)c2ccnn2C)c(C)c1. The van der Waals surface area contributed by atoms with E-state index < -0.39 is 0 Å². The van der Waals surface area contributed by atoms with E-state index in [1.807, 2.05) is 100 Å². The van der Waals surface area contributed by atoms with Crippen LogP contribution in [-0.2, 0) is 7.05 Å². The highest BCUT2D eigenvalue weighted by atomic mass is 16.2. The van der Waals surface area contributed by atoms with Gasteiger partial charge in [0.1, 0.15) is 17.3 Å². The number of hydrogen-bond acceptors (Lipinski definition) is 7. The Kier molecular flexibility index (Phi) is 9.28. The number of benzene rings is 3. The molecule has 1 amide bonds. The van der Waals surface area contributed by atoms with E-state index in [2.05, 4.69) is 36.8 Å². The molecule has 3 aromatic heterocycles. The van der Waals surface area contributed by atoms with Crippen LogP contribution in [0.2, 0.25) is 0 Å². The van der Waals surface area contributed by atoms with Crippen molar-refractivity contribution in [1.29, 1.82) is 5.26 Å². The monoisotopic (exact) mass is 611 g/mol. The molecule has 0 unspecified atom stereocenters. The van der Waals surface area contributed by atoms with Crippen molar-refractivity contribution in [2.75, 3.05) is 5.32 Å². The van der Waals surface area contributed by atoms with Gasteiger partial charge in [-0.25, -0.2) is 9.50 Å². The summed E-state index contributed by atoms with van der Waals surface area (Å²) in [7, 11) is 1.73. The molecule has 0 spiro atoms. The van der Waals surface area contributed by atoms with E-state index in [1.54, 1.807) is 19.3 Å². The molecule has 0 aliphatic rings. The van der Waals surface area contributed by atoms with E-state index in [0.29, 0.717) is 28.2 Å². The number of amides is 1. The maximum absolute atomic E-state index is 12.7.